The molecule has 0 N–H and O–H groups in total. The molecule has 0 heterocycles. The van der Waals surface area contributed by atoms with Gasteiger partial charge in [-0.3, -0.25) is 0 Å². The molecule has 0 bridgehead atoms. The van der Waals surface area contributed by atoms with E-state index < -0.39 is 0 Å². The highest BCUT2D eigenvalue weighted by molar-refractivity contribution is 4.66. The zero-order chi connectivity index (χ0) is 9.07. The first-order valence-electron chi connectivity index (χ1n) is 4.44. The van der Waals surface area contributed by atoms with Crippen molar-refractivity contribution in [2.45, 2.75) is 26.2 Å². The summed E-state index contributed by atoms with van der Waals surface area (Å²) in [5.74, 6) is 0. The molecular formula is C9H17NO2. The Morgan fingerprint density at radius 3 is 2.33 bits per heavy atom. The summed E-state index contributed by atoms with van der Waals surface area (Å²) in [4.78, 5) is 0. The molecule has 0 aliphatic rings. The summed E-state index contributed by atoms with van der Waals surface area (Å²) < 4.78 is 10.4. The Bertz CT molecular complexity index is 120. The summed E-state index contributed by atoms with van der Waals surface area (Å²) in [6, 6.07) is 2.01. The minimum Gasteiger partial charge on any atom is -0.379 e. The van der Waals surface area contributed by atoms with Crippen LogP contribution in [0.4, 0.5) is 0 Å². The first-order chi connectivity index (χ1) is 5.91. The topological polar surface area (TPSA) is 42.2 Å². The summed E-state index contributed by atoms with van der Waals surface area (Å²) >= 11 is 0. The van der Waals surface area contributed by atoms with Gasteiger partial charge in [0.1, 0.15) is 0 Å². The number of ether oxygens (including phenoxy) is 2. The van der Waals surface area contributed by atoms with Gasteiger partial charge in [0.2, 0.25) is 0 Å². The second kappa shape index (κ2) is 10.4. The molecule has 0 fully saturated rings. The highest BCUT2D eigenvalue weighted by Gasteiger charge is 1.88. The van der Waals surface area contributed by atoms with Gasteiger partial charge in [0, 0.05) is 6.61 Å². The second-order valence-corrected chi connectivity index (χ2v) is 2.49. The third-order valence-electron chi connectivity index (χ3n) is 1.37. The summed E-state index contributed by atoms with van der Waals surface area (Å²) in [5.41, 5.74) is 0. The van der Waals surface area contributed by atoms with Crippen LogP contribution in [0, 0.1) is 11.3 Å². The largest absolute Gasteiger partial charge is 0.379 e. The molecule has 70 valence electrons. The minimum absolute atomic E-state index is 0.467. The Balaban J connectivity index is 2.78. The Labute approximate surface area is 74.3 Å². The molecule has 3 heteroatoms. The smallest absolute Gasteiger partial charge is 0.0700 e. The van der Waals surface area contributed by atoms with Crippen LogP contribution in [-0.4, -0.2) is 26.4 Å². The van der Waals surface area contributed by atoms with Gasteiger partial charge in [-0.05, 0) is 6.42 Å². The fourth-order valence-corrected chi connectivity index (χ4v) is 0.686. The normalized spacial score (nSPS) is 9.67. The third kappa shape index (κ3) is 9.41. The fourth-order valence-electron chi connectivity index (χ4n) is 0.686. The lowest BCUT2D eigenvalue weighted by Gasteiger charge is -2.02. The molecule has 12 heavy (non-hydrogen) atoms. The molecule has 3 nitrogen and oxygen atoms in total. The molecule has 0 aromatic carbocycles. The van der Waals surface area contributed by atoms with Crippen LogP contribution < -0.4 is 0 Å². The highest BCUT2D eigenvalue weighted by Crippen LogP contribution is 1.88. The lowest BCUT2D eigenvalue weighted by Crippen LogP contribution is -2.05. The third-order valence-corrected chi connectivity index (χ3v) is 1.37. The standard InChI is InChI=1S/C9H17NO2/c1-2-3-6-11-8-9-12-7-4-5-10/h2-4,6-9H2,1H3. The molecule has 0 saturated heterocycles. The molecule has 0 radical (unpaired) electrons. The zero-order valence-electron chi connectivity index (χ0n) is 7.71. The SMILES string of the molecule is CCCCOCCOCCC#N. The van der Waals surface area contributed by atoms with Gasteiger partial charge in [-0.1, -0.05) is 13.3 Å². The number of hydrogen-bond donors (Lipinski definition) is 0. The summed E-state index contributed by atoms with van der Waals surface area (Å²) in [6.45, 7) is 4.72. The number of rotatable bonds is 8. The summed E-state index contributed by atoms with van der Waals surface area (Å²) in [5, 5.41) is 8.18. The lowest BCUT2D eigenvalue weighted by molar-refractivity contribution is 0.0488. The van der Waals surface area contributed by atoms with Crippen LogP contribution in [0.25, 0.3) is 0 Å². The van der Waals surface area contributed by atoms with E-state index in [1.807, 2.05) is 6.07 Å². The van der Waals surface area contributed by atoms with Gasteiger partial charge in [-0.25, -0.2) is 0 Å². The van der Waals surface area contributed by atoms with Crippen molar-refractivity contribution in [2.24, 2.45) is 0 Å². The van der Waals surface area contributed by atoms with E-state index in [4.69, 9.17) is 14.7 Å². The van der Waals surface area contributed by atoms with E-state index in [1.54, 1.807) is 0 Å². The molecule has 0 amide bonds. The van der Waals surface area contributed by atoms with E-state index in [0.717, 1.165) is 19.4 Å². The molecule has 0 aliphatic heterocycles. The maximum atomic E-state index is 8.18. The predicted octanol–water partition coefficient (Wildman–Crippen LogP) is 1.73. The first-order valence-corrected chi connectivity index (χ1v) is 4.44. The molecule has 0 aliphatic carbocycles. The average molecular weight is 171 g/mol. The fraction of sp³-hybridized carbons (Fsp3) is 0.889. The Morgan fingerprint density at radius 1 is 1.08 bits per heavy atom. The zero-order valence-corrected chi connectivity index (χ0v) is 7.71. The van der Waals surface area contributed by atoms with E-state index in [-0.39, 0.29) is 0 Å². The van der Waals surface area contributed by atoms with E-state index in [0.29, 0.717) is 26.2 Å². The molecule has 0 aromatic heterocycles. The summed E-state index contributed by atoms with van der Waals surface area (Å²) in [6.07, 6.45) is 2.74. The maximum absolute atomic E-state index is 8.18. The number of hydrogen-bond acceptors (Lipinski definition) is 3. The van der Waals surface area contributed by atoms with Crippen LogP contribution >= 0.6 is 0 Å². The van der Waals surface area contributed by atoms with Gasteiger partial charge in [0.25, 0.3) is 0 Å². The molecule has 0 saturated carbocycles. The van der Waals surface area contributed by atoms with E-state index >= 15 is 0 Å². The number of unbranched alkanes of at least 4 members (excludes halogenated alkanes) is 1. The van der Waals surface area contributed by atoms with Gasteiger partial charge in [-0.15, -0.1) is 0 Å². The minimum atomic E-state index is 0.467. The Hall–Kier alpha value is -0.590. The van der Waals surface area contributed by atoms with Crippen molar-refractivity contribution in [2.75, 3.05) is 26.4 Å². The van der Waals surface area contributed by atoms with E-state index in [1.165, 1.54) is 0 Å². The molecule has 0 spiro atoms. The van der Waals surface area contributed by atoms with Crippen LogP contribution in [-0.2, 0) is 9.47 Å². The van der Waals surface area contributed by atoms with Gasteiger partial charge >= 0.3 is 0 Å². The first kappa shape index (κ1) is 11.4. The molecule has 0 aromatic rings. The van der Waals surface area contributed by atoms with Crippen molar-refractivity contribution in [3.05, 3.63) is 0 Å². The quantitative estimate of drug-likeness (QED) is 0.522. The van der Waals surface area contributed by atoms with Crippen LogP contribution in [0.15, 0.2) is 0 Å². The van der Waals surface area contributed by atoms with Gasteiger partial charge in [0.05, 0.1) is 32.3 Å². The Kier molecular flexibility index (Phi) is 9.90. The molecule has 0 atom stereocenters. The maximum Gasteiger partial charge on any atom is 0.0700 e. The molecule has 0 rings (SSSR count). The average Bonchev–Trinajstić information content (AvgIpc) is 2.10. The van der Waals surface area contributed by atoms with E-state index in [2.05, 4.69) is 6.92 Å². The van der Waals surface area contributed by atoms with E-state index in [9.17, 15) is 0 Å². The predicted molar refractivity (Wildman–Crippen MR) is 46.8 cm³/mol. The van der Waals surface area contributed by atoms with Crippen molar-refractivity contribution in [3.8, 4) is 6.07 Å². The van der Waals surface area contributed by atoms with Crippen molar-refractivity contribution in [3.63, 3.8) is 0 Å². The van der Waals surface area contributed by atoms with Crippen LogP contribution in [0.5, 0.6) is 0 Å². The lowest BCUT2D eigenvalue weighted by atomic mass is 10.4. The van der Waals surface area contributed by atoms with Crippen molar-refractivity contribution in [1.29, 1.82) is 5.26 Å². The van der Waals surface area contributed by atoms with Crippen molar-refractivity contribution >= 4 is 0 Å². The number of nitrogens with zero attached hydrogens (tertiary/aromatic N) is 1. The second-order valence-electron chi connectivity index (χ2n) is 2.49. The van der Waals surface area contributed by atoms with Crippen LogP contribution in [0.2, 0.25) is 0 Å². The van der Waals surface area contributed by atoms with Crippen LogP contribution in [0.1, 0.15) is 26.2 Å². The Morgan fingerprint density at radius 2 is 1.75 bits per heavy atom. The number of nitriles is 1. The van der Waals surface area contributed by atoms with Gasteiger partial charge < -0.3 is 9.47 Å². The molecule has 0 unspecified atom stereocenters. The van der Waals surface area contributed by atoms with Gasteiger partial charge in [-0.2, -0.15) is 5.26 Å². The summed E-state index contributed by atoms with van der Waals surface area (Å²) in [7, 11) is 0. The highest BCUT2D eigenvalue weighted by atomic mass is 16.5. The molecular weight excluding hydrogens is 154 g/mol. The van der Waals surface area contributed by atoms with Crippen molar-refractivity contribution in [1.82, 2.24) is 0 Å². The van der Waals surface area contributed by atoms with Crippen molar-refractivity contribution < 1.29 is 9.47 Å². The van der Waals surface area contributed by atoms with Gasteiger partial charge in [0.15, 0.2) is 0 Å². The van der Waals surface area contributed by atoms with Crippen LogP contribution in [0.3, 0.4) is 0 Å². The monoisotopic (exact) mass is 171 g/mol.